The summed E-state index contributed by atoms with van der Waals surface area (Å²) in [4.78, 5) is 50.0. The van der Waals surface area contributed by atoms with Gasteiger partial charge < -0.3 is 24.4 Å². The van der Waals surface area contributed by atoms with E-state index in [-0.39, 0.29) is 6.61 Å². The lowest BCUT2D eigenvalue weighted by Crippen LogP contribution is -2.72. The number of amides is 2. The summed E-state index contributed by atoms with van der Waals surface area (Å²) in [5.74, 6) is -4.19. The molecule has 2 fully saturated rings. The van der Waals surface area contributed by atoms with Gasteiger partial charge in [-0.25, -0.2) is 18.0 Å². The number of hydrogen-bond acceptors (Lipinski definition) is 9. The molecule has 1 N–H and O–H groups in total. The molecule has 0 radical (unpaired) electrons. The van der Waals surface area contributed by atoms with Crippen LogP contribution in [0.25, 0.3) is 0 Å². The number of carbonyl (C=O) groups is 4. The Labute approximate surface area is 191 Å². The van der Waals surface area contributed by atoms with Gasteiger partial charge in [-0.15, -0.1) is 0 Å². The third-order valence-electron chi connectivity index (χ3n) is 5.51. The molecule has 3 atom stereocenters. The summed E-state index contributed by atoms with van der Waals surface area (Å²) < 4.78 is 39.8. The number of nitrogens with one attached hydrogen (secondary N) is 1. The Kier molecular flexibility index (Phi) is 6.18. The highest BCUT2D eigenvalue weighted by atomic mass is 32.2. The van der Waals surface area contributed by atoms with Crippen molar-refractivity contribution in [1.82, 2.24) is 10.2 Å². The summed E-state index contributed by atoms with van der Waals surface area (Å²) in [7, 11) is -4.11. The van der Waals surface area contributed by atoms with Gasteiger partial charge in [-0.1, -0.05) is 30.3 Å². The first-order valence-corrected chi connectivity index (χ1v) is 11.7. The van der Waals surface area contributed by atoms with Crippen LogP contribution in [0.15, 0.2) is 30.3 Å². The van der Waals surface area contributed by atoms with Crippen LogP contribution in [-0.2, 0) is 45.0 Å². The largest absolute Gasteiger partial charge is 0.445 e. The van der Waals surface area contributed by atoms with Gasteiger partial charge in [-0.2, -0.15) is 0 Å². The molecular weight excluding hydrogens is 456 g/mol. The number of ether oxygens (including phenoxy) is 3. The normalized spacial score (nSPS) is 24.8. The van der Waals surface area contributed by atoms with Crippen molar-refractivity contribution in [2.24, 2.45) is 0 Å². The monoisotopic (exact) mass is 482 g/mol. The van der Waals surface area contributed by atoms with Gasteiger partial charge in [0.2, 0.25) is 5.91 Å². The summed E-state index contributed by atoms with van der Waals surface area (Å²) in [6.07, 6.45) is -0.966. The van der Waals surface area contributed by atoms with Gasteiger partial charge in [0.15, 0.2) is 15.2 Å². The van der Waals surface area contributed by atoms with Crippen molar-refractivity contribution in [1.29, 1.82) is 0 Å². The fourth-order valence-corrected chi connectivity index (χ4v) is 6.19. The van der Waals surface area contributed by atoms with Crippen LogP contribution < -0.4 is 5.32 Å². The number of alkyl carbamates (subject to hydrolysis) is 1. The molecule has 1 aromatic rings. The molecule has 0 aliphatic carbocycles. The second-order valence-corrected chi connectivity index (χ2v) is 11.4. The lowest BCUT2D eigenvalue weighted by Gasteiger charge is -2.43. The zero-order valence-electron chi connectivity index (χ0n) is 18.9. The van der Waals surface area contributed by atoms with Crippen molar-refractivity contribution in [2.45, 2.75) is 69.2 Å². The van der Waals surface area contributed by atoms with E-state index in [0.29, 0.717) is 5.56 Å². The molecule has 33 heavy (non-hydrogen) atoms. The van der Waals surface area contributed by atoms with E-state index in [1.165, 1.54) is 27.7 Å². The quantitative estimate of drug-likeness (QED) is 0.354. The van der Waals surface area contributed by atoms with Crippen LogP contribution >= 0.6 is 0 Å². The zero-order chi connectivity index (χ0) is 24.8. The Morgan fingerprint density at radius 3 is 2.30 bits per heavy atom. The van der Waals surface area contributed by atoms with E-state index in [4.69, 9.17) is 14.2 Å². The average Bonchev–Trinajstić information content (AvgIpc) is 2.84. The molecule has 1 aromatic carbocycles. The number of sulfone groups is 1. The molecule has 2 saturated heterocycles. The summed E-state index contributed by atoms with van der Waals surface area (Å²) in [5.41, 5.74) is 0.710. The molecule has 2 heterocycles. The first-order chi connectivity index (χ1) is 15.2. The highest BCUT2D eigenvalue weighted by Gasteiger charge is 2.73. The fourth-order valence-electron chi connectivity index (χ4n) is 3.98. The molecule has 0 saturated carbocycles. The van der Waals surface area contributed by atoms with E-state index in [1.807, 2.05) is 0 Å². The topological polar surface area (TPSA) is 145 Å². The number of esters is 2. The van der Waals surface area contributed by atoms with Crippen LogP contribution in [0, 0.1) is 0 Å². The molecule has 2 amide bonds. The lowest BCUT2D eigenvalue weighted by atomic mass is 9.96. The third-order valence-corrected chi connectivity index (χ3v) is 8.34. The van der Waals surface area contributed by atoms with Crippen LogP contribution in [0.1, 0.15) is 40.2 Å². The van der Waals surface area contributed by atoms with Gasteiger partial charge >= 0.3 is 18.0 Å². The van der Waals surface area contributed by atoms with E-state index in [2.05, 4.69) is 5.32 Å². The number of fused-ring (bicyclic) bond motifs is 1. The predicted octanol–water partition coefficient (Wildman–Crippen LogP) is 0.868. The van der Waals surface area contributed by atoms with Gasteiger partial charge in [0.05, 0.1) is 0 Å². The van der Waals surface area contributed by atoms with Gasteiger partial charge in [-0.05, 0) is 19.4 Å². The van der Waals surface area contributed by atoms with Gasteiger partial charge in [0.25, 0.3) is 5.79 Å². The van der Waals surface area contributed by atoms with Gasteiger partial charge in [-0.3, -0.25) is 9.59 Å². The minimum atomic E-state index is -4.11. The number of benzene rings is 1. The van der Waals surface area contributed by atoms with Crippen LogP contribution in [0.2, 0.25) is 0 Å². The average molecular weight is 483 g/mol. The maximum atomic E-state index is 13.2. The first kappa shape index (κ1) is 24.5. The molecule has 2 aliphatic heterocycles. The maximum Gasteiger partial charge on any atom is 0.408 e. The van der Waals surface area contributed by atoms with Crippen molar-refractivity contribution < 1.29 is 41.8 Å². The minimum absolute atomic E-state index is 0.0691. The van der Waals surface area contributed by atoms with Crippen molar-refractivity contribution in [3.05, 3.63) is 35.9 Å². The molecule has 0 bridgehead atoms. The molecule has 3 rings (SSSR count). The molecular formula is C21H26N2O9S. The van der Waals surface area contributed by atoms with E-state index in [9.17, 15) is 27.6 Å². The predicted molar refractivity (Wildman–Crippen MR) is 113 cm³/mol. The van der Waals surface area contributed by atoms with Gasteiger partial charge in [0, 0.05) is 20.8 Å². The van der Waals surface area contributed by atoms with Crippen molar-refractivity contribution >= 4 is 33.8 Å². The SMILES string of the molecule is CC(=O)OC(C)(C)OC(=O)[C@@H]1N2C(=O)C(NC(=O)OCc3ccccc3)[C@H]2S(=O)(=O)C1(C)C. The van der Waals surface area contributed by atoms with E-state index in [0.717, 1.165) is 11.8 Å². The molecule has 2 aliphatic rings. The number of carbonyl (C=O) groups excluding carboxylic acids is 4. The van der Waals surface area contributed by atoms with Gasteiger partial charge in [0.1, 0.15) is 23.4 Å². The van der Waals surface area contributed by atoms with E-state index < -0.39 is 61.8 Å². The van der Waals surface area contributed by atoms with Crippen LogP contribution in [0.5, 0.6) is 0 Å². The van der Waals surface area contributed by atoms with Crippen molar-refractivity contribution in [3.8, 4) is 0 Å². The molecule has 0 aromatic heterocycles. The summed E-state index contributed by atoms with van der Waals surface area (Å²) in [6, 6.07) is 5.90. The highest BCUT2D eigenvalue weighted by Crippen LogP contribution is 2.46. The van der Waals surface area contributed by atoms with E-state index in [1.54, 1.807) is 30.3 Å². The molecule has 1 unspecified atom stereocenters. The number of rotatable bonds is 6. The Morgan fingerprint density at radius 1 is 1.12 bits per heavy atom. The van der Waals surface area contributed by atoms with Crippen LogP contribution in [-0.4, -0.2) is 65.2 Å². The molecule has 12 heteroatoms. The smallest absolute Gasteiger partial charge is 0.408 e. The maximum absolute atomic E-state index is 13.2. The van der Waals surface area contributed by atoms with Crippen LogP contribution in [0.4, 0.5) is 4.79 Å². The minimum Gasteiger partial charge on any atom is -0.445 e. The first-order valence-electron chi connectivity index (χ1n) is 10.1. The molecule has 0 spiro atoms. The standard InChI is InChI=1S/C21H26N2O9S/c1-12(24)31-21(4,5)32-18(26)15-20(2,3)33(28,29)17-14(16(25)23(15)17)22-19(27)30-11-13-9-7-6-8-10-13/h6-10,14-15,17H,11H2,1-5H3,(H,22,27)/t14?,15-,17+/m0/s1. The Balaban J connectivity index is 1.75. The summed E-state index contributed by atoms with van der Waals surface area (Å²) in [6.45, 7) is 6.27. The fraction of sp³-hybridized carbons (Fsp3) is 0.524. The Bertz CT molecular complexity index is 1080. The summed E-state index contributed by atoms with van der Waals surface area (Å²) in [5, 5.41) is 0.822. The van der Waals surface area contributed by atoms with Crippen molar-refractivity contribution in [3.63, 3.8) is 0 Å². The lowest BCUT2D eigenvalue weighted by molar-refractivity contribution is -0.219. The molecule has 180 valence electrons. The number of nitrogens with zero attached hydrogens (tertiary/aromatic N) is 1. The summed E-state index contributed by atoms with van der Waals surface area (Å²) >= 11 is 0. The van der Waals surface area contributed by atoms with Crippen molar-refractivity contribution in [2.75, 3.05) is 0 Å². The van der Waals surface area contributed by atoms with Crippen LogP contribution in [0.3, 0.4) is 0 Å². The Morgan fingerprint density at radius 2 is 1.73 bits per heavy atom. The Hall–Kier alpha value is -3.15. The second kappa shape index (κ2) is 8.32. The third kappa shape index (κ3) is 4.39. The number of β-lactam (4-membered cyclic amide) rings is 1. The second-order valence-electron chi connectivity index (χ2n) is 8.79. The zero-order valence-corrected chi connectivity index (χ0v) is 19.7. The number of hydrogen-bond donors (Lipinski definition) is 1. The molecule has 11 nitrogen and oxygen atoms in total. The van der Waals surface area contributed by atoms with E-state index >= 15 is 0 Å². The highest BCUT2D eigenvalue weighted by molar-refractivity contribution is 7.94.